The summed E-state index contributed by atoms with van der Waals surface area (Å²) in [5.41, 5.74) is 5.40. The van der Waals surface area contributed by atoms with Crippen molar-refractivity contribution in [1.29, 1.82) is 0 Å². The summed E-state index contributed by atoms with van der Waals surface area (Å²) in [4.78, 5) is 22.3. The first kappa shape index (κ1) is 12.7. The number of cyclic esters (lactones) is 1. The maximum Gasteiger partial charge on any atom is 0.328 e. The molecule has 0 saturated carbocycles. The molecular formula is C10H16N2O4. The molecule has 1 rings (SSSR count). The molecule has 1 heterocycles. The molecule has 2 unspecified atom stereocenters. The first-order valence-corrected chi connectivity index (χ1v) is 5.09. The lowest BCUT2D eigenvalue weighted by Gasteiger charge is -2.09. The molecule has 0 aromatic carbocycles. The molecule has 0 aliphatic carbocycles. The van der Waals surface area contributed by atoms with Gasteiger partial charge in [0.2, 0.25) is 5.91 Å². The van der Waals surface area contributed by atoms with E-state index in [-0.39, 0.29) is 0 Å². The molecule has 0 radical (unpaired) electrons. The van der Waals surface area contributed by atoms with E-state index in [9.17, 15) is 14.7 Å². The van der Waals surface area contributed by atoms with Gasteiger partial charge < -0.3 is 20.9 Å². The summed E-state index contributed by atoms with van der Waals surface area (Å²) >= 11 is 0. The van der Waals surface area contributed by atoms with Gasteiger partial charge in [-0.05, 0) is 13.0 Å². The van der Waals surface area contributed by atoms with Crippen LogP contribution in [0.2, 0.25) is 0 Å². The average Bonchev–Trinajstić information content (AvgIpc) is 2.60. The normalized spacial score (nSPS) is 24.2. The van der Waals surface area contributed by atoms with Gasteiger partial charge in [0, 0.05) is 18.5 Å². The Morgan fingerprint density at radius 2 is 2.44 bits per heavy atom. The number of rotatable bonds is 4. The predicted molar refractivity (Wildman–Crippen MR) is 56.3 cm³/mol. The fourth-order valence-electron chi connectivity index (χ4n) is 1.21. The first-order chi connectivity index (χ1) is 7.50. The molecule has 1 amide bonds. The van der Waals surface area contributed by atoms with Crippen LogP contribution in [0.3, 0.4) is 0 Å². The van der Waals surface area contributed by atoms with Crippen LogP contribution in [0.5, 0.6) is 0 Å². The highest BCUT2D eigenvalue weighted by molar-refractivity contribution is 5.91. The maximum absolute atomic E-state index is 11.3. The van der Waals surface area contributed by atoms with Crippen molar-refractivity contribution in [2.24, 2.45) is 5.73 Å². The Bertz CT molecular complexity index is 301. The van der Waals surface area contributed by atoms with Crippen molar-refractivity contribution in [3.05, 3.63) is 12.2 Å². The van der Waals surface area contributed by atoms with Crippen LogP contribution in [0.25, 0.3) is 0 Å². The second kappa shape index (κ2) is 5.62. The zero-order valence-electron chi connectivity index (χ0n) is 9.05. The van der Waals surface area contributed by atoms with Crippen LogP contribution >= 0.6 is 0 Å². The minimum Gasteiger partial charge on any atom is -0.464 e. The van der Waals surface area contributed by atoms with Crippen molar-refractivity contribution >= 4 is 11.9 Å². The second-order valence-corrected chi connectivity index (χ2v) is 3.73. The van der Waals surface area contributed by atoms with Crippen LogP contribution < -0.4 is 11.1 Å². The number of aliphatic hydroxyl groups excluding tert-OH is 1. The summed E-state index contributed by atoms with van der Waals surface area (Å²) in [6.07, 6.45) is 2.06. The largest absolute Gasteiger partial charge is 0.464 e. The Balaban J connectivity index is 2.38. The van der Waals surface area contributed by atoms with Gasteiger partial charge in [-0.25, -0.2) is 4.79 Å². The minimum atomic E-state index is -0.874. The van der Waals surface area contributed by atoms with E-state index >= 15 is 0 Å². The number of esters is 1. The third kappa shape index (κ3) is 3.63. The van der Waals surface area contributed by atoms with Gasteiger partial charge in [-0.2, -0.15) is 0 Å². The second-order valence-electron chi connectivity index (χ2n) is 3.73. The van der Waals surface area contributed by atoms with Gasteiger partial charge in [0.25, 0.3) is 0 Å². The molecule has 0 bridgehead atoms. The molecule has 1 saturated heterocycles. The molecule has 1 aliphatic rings. The lowest BCUT2D eigenvalue weighted by atomic mass is 10.2. The van der Waals surface area contributed by atoms with E-state index in [0.29, 0.717) is 13.0 Å². The van der Waals surface area contributed by atoms with Crippen molar-refractivity contribution in [2.45, 2.75) is 31.5 Å². The Morgan fingerprint density at radius 3 is 2.94 bits per heavy atom. The molecule has 16 heavy (non-hydrogen) atoms. The Morgan fingerprint density at radius 1 is 1.75 bits per heavy atom. The Labute approximate surface area is 93.4 Å². The first-order valence-electron chi connectivity index (χ1n) is 5.09. The zero-order valence-corrected chi connectivity index (χ0v) is 9.05. The molecule has 4 N–H and O–H groups in total. The van der Waals surface area contributed by atoms with Crippen LogP contribution in [0.15, 0.2) is 12.2 Å². The number of carbonyl (C=O) groups excluding carboxylic acids is 2. The summed E-state index contributed by atoms with van der Waals surface area (Å²) < 4.78 is 4.68. The number of hydrogen-bond donors (Lipinski definition) is 3. The van der Waals surface area contributed by atoms with Gasteiger partial charge in [0.05, 0.1) is 12.7 Å². The van der Waals surface area contributed by atoms with Crippen molar-refractivity contribution in [3.63, 3.8) is 0 Å². The number of hydrogen-bond acceptors (Lipinski definition) is 5. The smallest absolute Gasteiger partial charge is 0.328 e. The quantitative estimate of drug-likeness (QED) is 0.409. The van der Waals surface area contributed by atoms with Gasteiger partial charge in [-0.3, -0.25) is 4.79 Å². The number of amides is 1. The van der Waals surface area contributed by atoms with Crippen molar-refractivity contribution in [1.82, 2.24) is 5.32 Å². The monoisotopic (exact) mass is 228 g/mol. The third-order valence-electron chi connectivity index (χ3n) is 2.24. The maximum atomic E-state index is 11.3. The molecule has 0 spiro atoms. The summed E-state index contributed by atoms with van der Waals surface area (Å²) in [6, 6.07) is -1.02. The number of ether oxygens (including phenoxy) is 1. The molecule has 6 nitrogen and oxygen atoms in total. The SMILES string of the molecule is C[C@H](N)C(O)/C=C/C(=O)NC1CCOC1=O. The van der Waals surface area contributed by atoms with Gasteiger partial charge in [0.15, 0.2) is 0 Å². The highest BCUT2D eigenvalue weighted by atomic mass is 16.5. The van der Waals surface area contributed by atoms with Crippen LogP contribution in [-0.4, -0.2) is 41.8 Å². The lowest BCUT2D eigenvalue weighted by molar-refractivity contribution is -0.140. The summed E-state index contributed by atoms with van der Waals surface area (Å²) in [7, 11) is 0. The van der Waals surface area contributed by atoms with Gasteiger partial charge >= 0.3 is 5.97 Å². The topological polar surface area (TPSA) is 102 Å². The van der Waals surface area contributed by atoms with E-state index in [0.717, 1.165) is 0 Å². The van der Waals surface area contributed by atoms with Gasteiger partial charge in [0.1, 0.15) is 6.04 Å². The standard InChI is InChI=1S/C10H16N2O4/c1-6(11)8(13)2-3-9(14)12-7-4-5-16-10(7)15/h2-3,6-8,13H,4-5,11H2,1H3,(H,12,14)/b3-2+/t6-,7?,8?/m0/s1. The molecular weight excluding hydrogens is 212 g/mol. The van der Waals surface area contributed by atoms with E-state index in [1.807, 2.05) is 0 Å². The van der Waals surface area contributed by atoms with E-state index in [4.69, 9.17) is 5.73 Å². The van der Waals surface area contributed by atoms with E-state index in [1.54, 1.807) is 6.92 Å². The van der Waals surface area contributed by atoms with Crippen LogP contribution in [-0.2, 0) is 14.3 Å². The van der Waals surface area contributed by atoms with E-state index in [1.165, 1.54) is 12.2 Å². The molecule has 3 atom stereocenters. The van der Waals surface area contributed by atoms with Crippen molar-refractivity contribution in [3.8, 4) is 0 Å². The summed E-state index contributed by atoms with van der Waals surface area (Å²) in [5, 5.41) is 11.8. The number of aliphatic hydroxyl groups is 1. The minimum absolute atomic E-state index is 0.329. The Kier molecular flexibility index (Phi) is 4.45. The Hall–Kier alpha value is -1.40. The fourth-order valence-corrected chi connectivity index (χ4v) is 1.21. The lowest BCUT2D eigenvalue weighted by Crippen LogP contribution is -2.37. The fraction of sp³-hybridized carbons (Fsp3) is 0.600. The molecule has 1 fully saturated rings. The highest BCUT2D eigenvalue weighted by Gasteiger charge is 2.27. The van der Waals surface area contributed by atoms with E-state index in [2.05, 4.69) is 10.1 Å². The average molecular weight is 228 g/mol. The van der Waals surface area contributed by atoms with Crippen LogP contribution in [0.1, 0.15) is 13.3 Å². The summed E-state index contributed by atoms with van der Waals surface area (Å²) in [5.74, 6) is -0.863. The molecule has 90 valence electrons. The third-order valence-corrected chi connectivity index (χ3v) is 2.24. The number of nitrogens with one attached hydrogen (secondary N) is 1. The number of nitrogens with two attached hydrogens (primary N) is 1. The van der Waals surface area contributed by atoms with Gasteiger partial charge in [-0.1, -0.05) is 0 Å². The zero-order chi connectivity index (χ0) is 12.1. The molecule has 1 aliphatic heterocycles. The predicted octanol–water partition coefficient (Wildman–Crippen LogP) is -1.32. The number of carbonyl (C=O) groups is 2. The van der Waals surface area contributed by atoms with Crippen LogP contribution in [0.4, 0.5) is 0 Å². The van der Waals surface area contributed by atoms with Crippen LogP contribution in [0, 0.1) is 0 Å². The highest BCUT2D eigenvalue weighted by Crippen LogP contribution is 2.05. The summed E-state index contributed by atoms with van der Waals surface area (Å²) in [6.45, 7) is 1.96. The molecule has 6 heteroatoms. The van der Waals surface area contributed by atoms with Crippen molar-refractivity contribution < 1.29 is 19.4 Å². The van der Waals surface area contributed by atoms with Gasteiger partial charge in [-0.15, -0.1) is 0 Å². The molecule has 0 aromatic heterocycles. The van der Waals surface area contributed by atoms with E-state index < -0.39 is 30.1 Å². The van der Waals surface area contributed by atoms with Crippen molar-refractivity contribution in [2.75, 3.05) is 6.61 Å². The molecule has 0 aromatic rings.